The largest absolute Gasteiger partial charge is 0.373 e. The second-order valence-corrected chi connectivity index (χ2v) is 12.2. The monoisotopic (exact) mass is 494 g/mol. The van der Waals surface area contributed by atoms with Gasteiger partial charge in [-0.2, -0.15) is 8.78 Å². The molecule has 0 aliphatic rings. The molecule has 0 bridgehead atoms. The van der Waals surface area contributed by atoms with Crippen LogP contribution in [0, 0.1) is 0 Å². The normalized spacial score (nSPS) is 16.4. The molecule has 0 saturated heterocycles. The molecule has 2 rings (SSSR count). The number of alkyl halides is 2. The first-order valence-corrected chi connectivity index (χ1v) is 11.7. The van der Waals surface area contributed by atoms with Gasteiger partial charge in [0.15, 0.2) is 0 Å². The minimum absolute atomic E-state index is 0.252. The molecule has 0 fully saturated rings. The number of halogens is 3. The molecule has 0 saturated carbocycles. The van der Waals surface area contributed by atoms with Crippen LogP contribution in [0.4, 0.5) is 8.78 Å². The van der Waals surface area contributed by atoms with Crippen molar-refractivity contribution in [3.05, 3.63) is 58.8 Å². The highest BCUT2D eigenvalue weighted by molar-refractivity contribution is 9.10. The molecule has 1 N–H and O–H groups in total. The van der Waals surface area contributed by atoms with Crippen LogP contribution in [0.5, 0.6) is 0 Å². The SMILES string of the molecule is CC(C)(C)S(=O)NC(C)(c1ccc(Br)cn1)C(F)(F)S(=O)(=O)c1ccccc1. The standard InChI is InChI=1S/C18H21BrF2N2O3S2/c1-16(2,3)27(24)23-17(4,15-11-10-13(19)12-22-15)18(20,21)28(25,26)14-8-6-5-7-9-14/h5-12,23H,1-4H3. The fourth-order valence-electron chi connectivity index (χ4n) is 2.29. The molecule has 0 aliphatic carbocycles. The van der Waals surface area contributed by atoms with Crippen LogP contribution in [0.2, 0.25) is 0 Å². The second kappa shape index (κ2) is 7.89. The van der Waals surface area contributed by atoms with E-state index in [9.17, 15) is 12.6 Å². The van der Waals surface area contributed by atoms with Gasteiger partial charge in [-0.1, -0.05) is 18.2 Å². The third-order valence-electron chi connectivity index (χ3n) is 4.07. The lowest BCUT2D eigenvalue weighted by Gasteiger charge is -2.38. The summed E-state index contributed by atoms with van der Waals surface area (Å²) in [7, 11) is -7.12. The van der Waals surface area contributed by atoms with Crippen molar-refractivity contribution in [2.75, 3.05) is 0 Å². The molecular formula is C18H21BrF2N2O3S2. The maximum absolute atomic E-state index is 15.6. The average Bonchev–Trinajstić information content (AvgIpc) is 2.61. The fourth-order valence-corrected chi connectivity index (χ4v) is 5.00. The van der Waals surface area contributed by atoms with Gasteiger partial charge in [0.25, 0.3) is 0 Å². The van der Waals surface area contributed by atoms with Crippen LogP contribution in [0.1, 0.15) is 33.4 Å². The Balaban J connectivity index is 2.69. The van der Waals surface area contributed by atoms with Gasteiger partial charge in [0.2, 0.25) is 9.84 Å². The molecule has 5 nitrogen and oxygen atoms in total. The van der Waals surface area contributed by atoms with Crippen LogP contribution < -0.4 is 4.72 Å². The zero-order valence-corrected chi connectivity index (χ0v) is 19.0. The number of benzene rings is 1. The summed E-state index contributed by atoms with van der Waals surface area (Å²) in [4.78, 5) is 3.44. The summed E-state index contributed by atoms with van der Waals surface area (Å²) >= 11 is 3.17. The minimum atomic E-state index is -5.13. The molecule has 154 valence electrons. The van der Waals surface area contributed by atoms with E-state index in [1.165, 1.54) is 36.5 Å². The van der Waals surface area contributed by atoms with Gasteiger partial charge in [-0.15, -0.1) is 0 Å². The van der Waals surface area contributed by atoms with Crippen molar-refractivity contribution >= 4 is 36.8 Å². The first-order valence-electron chi connectivity index (χ1n) is 8.23. The van der Waals surface area contributed by atoms with Gasteiger partial charge in [0.1, 0.15) is 5.54 Å². The molecule has 0 spiro atoms. The van der Waals surface area contributed by atoms with Gasteiger partial charge in [-0.3, -0.25) is 4.98 Å². The molecule has 0 radical (unpaired) electrons. The van der Waals surface area contributed by atoms with Crippen molar-refractivity contribution in [2.24, 2.45) is 0 Å². The van der Waals surface area contributed by atoms with E-state index in [2.05, 4.69) is 25.6 Å². The highest BCUT2D eigenvalue weighted by Gasteiger charge is 2.63. The molecule has 2 unspecified atom stereocenters. The van der Waals surface area contributed by atoms with E-state index in [1.54, 1.807) is 20.8 Å². The van der Waals surface area contributed by atoms with Gasteiger partial charge in [-0.25, -0.2) is 17.3 Å². The molecule has 10 heteroatoms. The number of hydrogen-bond donors (Lipinski definition) is 1. The third-order valence-corrected chi connectivity index (χ3v) is 8.22. The van der Waals surface area contributed by atoms with Crippen molar-refractivity contribution in [1.82, 2.24) is 9.71 Å². The summed E-state index contributed by atoms with van der Waals surface area (Å²) in [6, 6.07) is 9.18. The number of nitrogens with zero attached hydrogens (tertiary/aromatic N) is 1. The van der Waals surface area contributed by atoms with Crippen LogP contribution in [-0.2, 0) is 26.4 Å². The van der Waals surface area contributed by atoms with Crippen LogP contribution in [0.3, 0.4) is 0 Å². The van der Waals surface area contributed by atoms with Gasteiger partial charge < -0.3 is 0 Å². The van der Waals surface area contributed by atoms with Gasteiger partial charge in [-0.05, 0) is 67.9 Å². The van der Waals surface area contributed by atoms with Crippen LogP contribution in [0.15, 0.2) is 58.0 Å². The summed E-state index contributed by atoms with van der Waals surface area (Å²) < 4.78 is 71.6. The topological polar surface area (TPSA) is 76.1 Å². The highest BCUT2D eigenvalue weighted by Crippen LogP contribution is 2.44. The zero-order valence-electron chi connectivity index (χ0n) is 15.7. The molecule has 0 aliphatic heterocycles. The summed E-state index contributed by atoms with van der Waals surface area (Å²) in [6.07, 6.45) is 1.28. The number of hydrogen-bond acceptors (Lipinski definition) is 4. The Morgan fingerprint density at radius 2 is 1.61 bits per heavy atom. The van der Waals surface area contributed by atoms with Crippen LogP contribution in [0.25, 0.3) is 0 Å². The highest BCUT2D eigenvalue weighted by atomic mass is 79.9. The number of nitrogens with one attached hydrogen (secondary N) is 1. The lowest BCUT2D eigenvalue weighted by atomic mass is 9.99. The Morgan fingerprint density at radius 3 is 2.07 bits per heavy atom. The first-order chi connectivity index (χ1) is 12.7. The Morgan fingerprint density at radius 1 is 1.04 bits per heavy atom. The number of aromatic nitrogens is 1. The Bertz CT molecular complexity index is 963. The van der Waals surface area contributed by atoms with Crippen LogP contribution >= 0.6 is 15.9 Å². The van der Waals surface area contributed by atoms with Crippen molar-refractivity contribution in [3.63, 3.8) is 0 Å². The van der Waals surface area contributed by atoms with E-state index >= 15 is 8.78 Å². The minimum Gasteiger partial charge on any atom is -0.258 e. The van der Waals surface area contributed by atoms with E-state index in [1.807, 2.05) is 0 Å². The van der Waals surface area contributed by atoms with E-state index in [4.69, 9.17) is 0 Å². The van der Waals surface area contributed by atoms with E-state index in [0.717, 1.165) is 19.1 Å². The third kappa shape index (κ3) is 4.19. The van der Waals surface area contributed by atoms with E-state index in [0.29, 0.717) is 4.47 Å². The Kier molecular flexibility index (Phi) is 6.49. The number of rotatable bonds is 6. The number of pyridine rings is 1. The molecule has 28 heavy (non-hydrogen) atoms. The fraction of sp³-hybridized carbons (Fsp3) is 0.389. The van der Waals surface area contributed by atoms with E-state index < -0.39 is 41.3 Å². The smallest absolute Gasteiger partial charge is 0.258 e. The summed E-state index contributed by atoms with van der Waals surface area (Å²) in [5, 5.41) is -4.36. The molecule has 2 atom stereocenters. The lowest BCUT2D eigenvalue weighted by molar-refractivity contribution is 0.00175. The van der Waals surface area contributed by atoms with Gasteiger partial charge in [0.05, 0.1) is 26.3 Å². The van der Waals surface area contributed by atoms with E-state index in [-0.39, 0.29) is 5.69 Å². The van der Waals surface area contributed by atoms with Crippen LogP contribution in [-0.4, -0.2) is 27.6 Å². The zero-order chi connectivity index (χ0) is 21.4. The summed E-state index contributed by atoms with van der Waals surface area (Å²) in [6.45, 7) is 5.77. The molecule has 1 aromatic carbocycles. The Hall–Kier alpha value is -1.23. The lowest BCUT2D eigenvalue weighted by Crippen LogP contribution is -2.60. The Labute approximate surface area is 174 Å². The molecule has 0 amide bonds. The first kappa shape index (κ1) is 23.1. The average molecular weight is 495 g/mol. The summed E-state index contributed by atoms with van der Waals surface area (Å²) in [5.41, 5.74) is -2.81. The molecule has 2 aromatic rings. The van der Waals surface area contributed by atoms with Gasteiger partial charge >= 0.3 is 5.25 Å². The maximum Gasteiger partial charge on any atom is 0.373 e. The second-order valence-electron chi connectivity index (χ2n) is 7.30. The van der Waals surface area contributed by atoms with Crippen molar-refractivity contribution in [3.8, 4) is 0 Å². The predicted molar refractivity (Wildman–Crippen MR) is 109 cm³/mol. The quantitative estimate of drug-likeness (QED) is 0.653. The van der Waals surface area contributed by atoms with Crippen molar-refractivity contribution in [2.45, 2.75) is 48.1 Å². The number of sulfone groups is 1. The van der Waals surface area contributed by atoms with Gasteiger partial charge in [0, 0.05) is 10.7 Å². The maximum atomic E-state index is 15.6. The molecule has 1 aromatic heterocycles. The predicted octanol–water partition coefficient (Wildman–Crippen LogP) is 4.18. The van der Waals surface area contributed by atoms with Crippen molar-refractivity contribution < 1.29 is 21.4 Å². The summed E-state index contributed by atoms with van der Waals surface area (Å²) in [5.74, 6) is 0. The van der Waals surface area contributed by atoms with Crippen molar-refractivity contribution in [1.29, 1.82) is 0 Å². The molecule has 1 heterocycles. The molecular weight excluding hydrogens is 474 g/mol.